The molecule has 5 nitrogen and oxygen atoms in total. The number of aromatic nitrogens is 2. The van der Waals surface area contributed by atoms with Crippen molar-refractivity contribution in [2.45, 2.75) is 6.54 Å². The fourth-order valence-electron chi connectivity index (χ4n) is 1.52. The zero-order valence-electron chi connectivity index (χ0n) is 8.57. The number of aromatic amines is 1. The number of halogens is 1. The minimum atomic E-state index is -0.632. The van der Waals surface area contributed by atoms with Crippen molar-refractivity contribution in [2.75, 3.05) is 0 Å². The van der Waals surface area contributed by atoms with Crippen molar-refractivity contribution in [3.8, 4) is 0 Å². The first-order valence-corrected chi connectivity index (χ1v) is 5.48. The van der Waals surface area contributed by atoms with Crippen LogP contribution in [0.15, 0.2) is 23.0 Å². The summed E-state index contributed by atoms with van der Waals surface area (Å²) < 4.78 is 1.26. The molecule has 0 aliphatic heterocycles. The molecule has 0 saturated heterocycles. The molecule has 0 fully saturated rings. The van der Waals surface area contributed by atoms with Gasteiger partial charge in [-0.1, -0.05) is 11.6 Å². The zero-order chi connectivity index (χ0) is 12.6. The van der Waals surface area contributed by atoms with Crippen LogP contribution in [-0.2, 0) is 11.3 Å². The molecular formula is C10H8ClN3O2S. The molecule has 0 saturated carbocycles. The van der Waals surface area contributed by atoms with Crippen molar-refractivity contribution < 1.29 is 4.79 Å². The Bertz CT molecular complexity index is 720. The predicted molar refractivity (Wildman–Crippen MR) is 67.6 cm³/mol. The molecule has 1 amide bonds. The number of carbonyl (C=O) groups excluding carboxylic acids is 1. The van der Waals surface area contributed by atoms with E-state index in [1.165, 1.54) is 6.07 Å². The topological polar surface area (TPSA) is 80.9 Å². The zero-order valence-corrected chi connectivity index (χ0v) is 10.1. The Morgan fingerprint density at radius 3 is 2.88 bits per heavy atom. The number of hydrogen-bond donors (Lipinski definition) is 2. The number of nitrogens with zero attached hydrogens (tertiary/aromatic N) is 1. The van der Waals surface area contributed by atoms with Crippen LogP contribution in [0.5, 0.6) is 0 Å². The Hall–Kier alpha value is -1.66. The van der Waals surface area contributed by atoms with Crippen molar-refractivity contribution >= 4 is 40.6 Å². The van der Waals surface area contributed by atoms with Crippen molar-refractivity contribution in [1.29, 1.82) is 0 Å². The third-order valence-corrected chi connectivity index (χ3v) is 2.82. The molecule has 88 valence electrons. The maximum Gasteiger partial charge on any atom is 0.262 e. The van der Waals surface area contributed by atoms with Gasteiger partial charge in [0.05, 0.1) is 10.9 Å². The summed E-state index contributed by atoms with van der Waals surface area (Å²) in [6.07, 6.45) is 0. The Labute approximate surface area is 106 Å². The molecule has 0 aliphatic rings. The first-order chi connectivity index (χ1) is 7.99. The molecular weight excluding hydrogens is 262 g/mol. The number of primary amides is 1. The maximum atomic E-state index is 12.0. The molecule has 0 aliphatic carbocycles. The van der Waals surface area contributed by atoms with E-state index in [2.05, 4.69) is 4.98 Å². The standard InChI is InChI=1S/C10H8ClN3O2S/c11-5-1-2-7-6(3-5)9(16)14(4-8(12)15)10(17)13-7/h1-3H,4H2,(H2,12,15)(H,13,17). The molecule has 7 heteroatoms. The van der Waals surface area contributed by atoms with Crippen LogP contribution < -0.4 is 11.3 Å². The Balaban J connectivity index is 2.83. The van der Waals surface area contributed by atoms with Crippen LogP contribution in [0.25, 0.3) is 10.9 Å². The van der Waals surface area contributed by atoms with Crippen molar-refractivity contribution in [2.24, 2.45) is 5.73 Å². The van der Waals surface area contributed by atoms with E-state index in [4.69, 9.17) is 29.6 Å². The summed E-state index contributed by atoms with van der Waals surface area (Å²) in [6.45, 7) is -0.253. The number of amides is 1. The highest BCUT2D eigenvalue weighted by Crippen LogP contribution is 2.14. The van der Waals surface area contributed by atoms with Gasteiger partial charge in [-0.05, 0) is 30.4 Å². The van der Waals surface area contributed by atoms with Gasteiger partial charge in [0.15, 0.2) is 4.77 Å². The number of nitrogens with two attached hydrogens (primary N) is 1. The normalized spacial score (nSPS) is 10.6. The van der Waals surface area contributed by atoms with Crippen LogP contribution in [0, 0.1) is 4.77 Å². The smallest absolute Gasteiger partial charge is 0.262 e. The highest BCUT2D eigenvalue weighted by atomic mass is 35.5. The molecule has 0 unspecified atom stereocenters. The van der Waals surface area contributed by atoms with Gasteiger partial charge in [0.25, 0.3) is 5.56 Å². The second kappa shape index (κ2) is 4.31. The summed E-state index contributed by atoms with van der Waals surface area (Å²) >= 11 is 10.8. The van der Waals surface area contributed by atoms with E-state index >= 15 is 0 Å². The van der Waals surface area contributed by atoms with Crippen molar-refractivity contribution in [3.05, 3.63) is 38.3 Å². The third kappa shape index (κ3) is 2.22. The highest BCUT2D eigenvalue weighted by molar-refractivity contribution is 7.71. The van der Waals surface area contributed by atoms with Crippen LogP contribution in [0.2, 0.25) is 5.02 Å². The molecule has 0 bridgehead atoms. The molecule has 2 aromatic rings. The van der Waals surface area contributed by atoms with Crippen LogP contribution in [0.4, 0.5) is 0 Å². The van der Waals surface area contributed by atoms with Crippen LogP contribution in [0.1, 0.15) is 0 Å². The van der Waals surface area contributed by atoms with Gasteiger partial charge >= 0.3 is 0 Å². The second-order valence-electron chi connectivity index (χ2n) is 3.48. The molecule has 0 atom stereocenters. The lowest BCUT2D eigenvalue weighted by Crippen LogP contribution is -2.29. The number of hydrogen-bond acceptors (Lipinski definition) is 3. The number of H-pyrrole nitrogens is 1. The van der Waals surface area contributed by atoms with Crippen molar-refractivity contribution in [1.82, 2.24) is 9.55 Å². The Morgan fingerprint density at radius 1 is 1.53 bits per heavy atom. The summed E-state index contributed by atoms with van der Waals surface area (Å²) in [4.78, 5) is 25.7. The average molecular weight is 270 g/mol. The lowest BCUT2D eigenvalue weighted by Gasteiger charge is -2.05. The minimum absolute atomic E-state index is 0.156. The SMILES string of the molecule is NC(=O)Cn1c(=S)[nH]c2ccc(Cl)cc2c1=O. The molecule has 17 heavy (non-hydrogen) atoms. The lowest BCUT2D eigenvalue weighted by molar-refractivity contribution is -0.118. The monoisotopic (exact) mass is 269 g/mol. The fourth-order valence-corrected chi connectivity index (χ4v) is 1.95. The maximum absolute atomic E-state index is 12.0. The lowest BCUT2D eigenvalue weighted by atomic mass is 10.2. The van der Waals surface area contributed by atoms with E-state index in [1.54, 1.807) is 12.1 Å². The molecule has 3 N–H and O–H groups in total. The van der Waals surface area contributed by atoms with E-state index in [0.717, 1.165) is 4.57 Å². The Morgan fingerprint density at radius 2 is 2.24 bits per heavy atom. The fraction of sp³-hybridized carbons (Fsp3) is 0.100. The summed E-state index contributed by atoms with van der Waals surface area (Å²) in [6, 6.07) is 4.82. The number of nitrogens with one attached hydrogen (secondary N) is 1. The summed E-state index contributed by atoms with van der Waals surface area (Å²) in [7, 11) is 0. The minimum Gasteiger partial charge on any atom is -0.368 e. The summed E-state index contributed by atoms with van der Waals surface area (Å²) in [5.41, 5.74) is 5.24. The highest BCUT2D eigenvalue weighted by Gasteiger charge is 2.07. The van der Waals surface area contributed by atoms with Gasteiger partial charge < -0.3 is 10.7 Å². The van der Waals surface area contributed by atoms with Gasteiger partial charge in [-0.2, -0.15) is 0 Å². The van der Waals surface area contributed by atoms with Gasteiger partial charge in [-0.15, -0.1) is 0 Å². The molecule has 1 aromatic carbocycles. The van der Waals surface area contributed by atoms with E-state index in [9.17, 15) is 9.59 Å². The van der Waals surface area contributed by atoms with Gasteiger partial charge in [0.1, 0.15) is 6.54 Å². The van der Waals surface area contributed by atoms with Crippen molar-refractivity contribution in [3.63, 3.8) is 0 Å². The number of fused-ring (bicyclic) bond motifs is 1. The number of rotatable bonds is 2. The summed E-state index contributed by atoms with van der Waals surface area (Å²) in [5.74, 6) is -0.632. The molecule has 2 rings (SSSR count). The molecule has 0 radical (unpaired) electrons. The first kappa shape index (κ1) is 11.8. The first-order valence-electron chi connectivity index (χ1n) is 4.70. The quantitative estimate of drug-likeness (QED) is 0.804. The predicted octanol–water partition coefficient (Wildman–Crippen LogP) is 1.20. The second-order valence-corrected chi connectivity index (χ2v) is 4.30. The van der Waals surface area contributed by atoms with Gasteiger partial charge in [-0.3, -0.25) is 14.2 Å². The van der Waals surface area contributed by atoms with Crippen LogP contribution in [0.3, 0.4) is 0 Å². The van der Waals surface area contributed by atoms with E-state index in [1.807, 2.05) is 0 Å². The summed E-state index contributed by atoms with van der Waals surface area (Å²) in [5, 5.41) is 0.804. The Kier molecular flexibility index (Phi) is 2.99. The molecule has 1 heterocycles. The van der Waals surface area contributed by atoms with E-state index in [0.29, 0.717) is 15.9 Å². The molecule has 1 aromatic heterocycles. The van der Waals surface area contributed by atoms with Crippen LogP contribution in [-0.4, -0.2) is 15.5 Å². The van der Waals surface area contributed by atoms with Gasteiger partial charge in [0, 0.05) is 5.02 Å². The molecule has 0 spiro atoms. The third-order valence-electron chi connectivity index (χ3n) is 2.26. The number of carbonyl (C=O) groups is 1. The average Bonchev–Trinajstić information content (AvgIpc) is 2.25. The largest absolute Gasteiger partial charge is 0.368 e. The van der Waals surface area contributed by atoms with Crippen LogP contribution >= 0.6 is 23.8 Å². The van der Waals surface area contributed by atoms with E-state index < -0.39 is 5.91 Å². The van der Waals surface area contributed by atoms with Gasteiger partial charge in [0.2, 0.25) is 5.91 Å². The van der Waals surface area contributed by atoms with Gasteiger partial charge in [-0.25, -0.2) is 0 Å². The number of benzene rings is 1. The van der Waals surface area contributed by atoms with E-state index in [-0.39, 0.29) is 16.9 Å².